The van der Waals surface area contributed by atoms with Crippen LogP contribution >= 0.6 is 0 Å². The lowest BCUT2D eigenvalue weighted by atomic mass is 9.98. The number of aromatic nitrogens is 7. The predicted molar refractivity (Wildman–Crippen MR) is 127 cm³/mol. The molecule has 2 aromatic heterocycles. The van der Waals surface area contributed by atoms with Crippen molar-refractivity contribution in [3.8, 4) is 34.4 Å². The molecule has 4 aromatic rings. The number of H-pyrrole nitrogens is 1. The molecule has 2 aromatic carbocycles. The number of hydrogen-bond acceptors (Lipinski definition) is 5. The summed E-state index contributed by atoms with van der Waals surface area (Å²) in [5.41, 5.74) is 3.89. The van der Waals surface area contributed by atoms with Crippen LogP contribution in [0.3, 0.4) is 0 Å². The first kappa shape index (κ1) is 22.2. The summed E-state index contributed by atoms with van der Waals surface area (Å²) >= 11 is 0. The molecule has 0 bridgehead atoms. The fraction of sp³-hybridized carbons (Fsp3) is 0.320. The number of tetrazole rings is 1. The lowest BCUT2D eigenvalue weighted by Gasteiger charge is -2.09. The minimum Gasteiger partial charge on any atom is -0.274 e. The molecule has 0 fully saturated rings. The van der Waals surface area contributed by atoms with Gasteiger partial charge in [0.05, 0.1) is 13.0 Å². The Kier molecular flexibility index (Phi) is 6.79. The van der Waals surface area contributed by atoms with Crippen molar-refractivity contribution in [3.05, 3.63) is 70.4 Å². The van der Waals surface area contributed by atoms with Gasteiger partial charge in [-0.25, -0.2) is 9.48 Å². The third-order valence-corrected chi connectivity index (χ3v) is 5.46. The summed E-state index contributed by atoms with van der Waals surface area (Å²) in [4.78, 5) is 13.0. The second-order valence-corrected chi connectivity index (χ2v) is 8.27. The lowest BCUT2D eigenvalue weighted by molar-refractivity contribution is 0.473. The average molecular weight is 442 g/mol. The quantitative estimate of drug-likeness (QED) is 0.422. The highest BCUT2D eigenvalue weighted by Crippen LogP contribution is 2.29. The van der Waals surface area contributed by atoms with E-state index in [4.69, 9.17) is 0 Å². The van der Waals surface area contributed by atoms with Crippen molar-refractivity contribution < 1.29 is 0 Å². The first-order chi connectivity index (χ1) is 16.1. The van der Waals surface area contributed by atoms with Gasteiger partial charge in [0.1, 0.15) is 5.82 Å². The van der Waals surface area contributed by atoms with Gasteiger partial charge in [-0.3, -0.25) is 4.57 Å². The first-order valence-corrected chi connectivity index (χ1v) is 11.0. The molecule has 0 aliphatic carbocycles. The number of aryl methyl sites for hydroxylation is 1. The van der Waals surface area contributed by atoms with E-state index in [1.807, 2.05) is 48.5 Å². The number of nitrogens with one attached hydrogen (secondary N) is 1. The zero-order chi connectivity index (χ0) is 23.2. The molecule has 0 saturated heterocycles. The van der Waals surface area contributed by atoms with Crippen LogP contribution in [0.25, 0.3) is 22.5 Å². The first-order valence-electron chi connectivity index (χ1n) is 11.0. The van der Waals surface area contributed by atoms with Gasteiger partial charge in [0.15, 0.2) is 0 Å². The summed E-state index contributed by atoms with van der Waals surface area (Å²) in [6, 6.07) is 16.1. The molecule has 0 unspecified atom stereocenters. The summed E-state index contributed by atoms with van der Waals surface area (Å²) < 4.78 is 3.30. The molecule has 0 atom stereocenters. The van der Waals surface area contributed by atoms with Crippen LogP contribution in [0.2, 0.25) is 0 Å². The monoisotopic (exact) mass is 441 g/mol. The van der Waals surface area contributed by atoms with E-state index in [2.05, 4.69) is 51.4 Å². The smallest absolute Gasteiger partial charge is 0.274 e. The summed E-state index contributed by atoms with van der Waals surface area (Å²) in [5, 5.41) is 19.0. The maximum atomic E-state index is 13.0. The Bertz CT molecular complexity index is 1320. The van der Waals surface area contributed by atoms with Crippen LogP contribution < -0.4 is 5.69 Å². The van der Waals surface area contributed by atoms with Crippen LogP contribution in [0, 0.1) is 17.8 Å². The molecule has 0 aliphatic heterocycles. The Morgan fingerprint density at radius 3 is 2.48 bits per heavy atom. The highest BCUT2D eigenvalue weighted by atomic mass is 16.2. The Labute approximate surface area is 192 Å². The van der Waals surface area contributed by atoms with Crippen molar-refractivity contribution >= 4 is 0 Å². The number of benzene rings is 2. The largest absolute Gasteiger partial charge is 0.346 e. The number of rotatable bonds is 8. The standard InChI is InChI=1S/C25H27N7O/c1-4-5-10-23-28-32(16-15-18(2)3)25(33)31(23)17-19-11-13-20(14-12-19)21-8-6-7-9-22(21)24-26-29-30-27-24/h6-9,11-14,18H,10,15-17H2,1-3H3,(H,26,27,29,30). The van der Waals surface area contributed by atoms with Crippen molar-refractivity contribution in [2.45, 2.75) is 46.7 Å². The topological polar surface area (TPSA) is 94.3 Å². The SMILES string of the molecule is CC#CCc1nn(CCC(C)C)c(=O)n1Cc1ccc(-c2ccccc2-c2nn[nH]n2)cc1. The fourth-order valence-corrected chi connectivity index (χ4v) is 3.65. The van der Waals surface area contributed by atoms with Crippen LogP contribution in [0.1, 0.15) is 38.6 Å². The Balaban J connectivity index is 1.61. The molecule has 0 aliphatic rings. The highest BCUT2D eigenvalue weighted by Gasteiger charge is 2.14. The van der Waals surface area contributed by atoms with Crippen LogP contribution in [0.15, 0.2) is 53.3 Å². The van der Waals surface area contributed by atoms with E-state index in [-0.39, 0.29) is 5.69 Å². The highest BCUT2D eigenvalue weighted by molar-refractivity contribution is 5.80. The van der Waals surface area contributed by atoms with Gasteiger partial charge in [-0.05, 0) is 41.2 Å². The van der Waals surface area contributed by atoms with Gasteiger partial charge in [-0.1, -0.05) is 68.3 Å². The third kappa shape index (κ3) is 5.09. The van der Waals surface area contributed by atoms with Gasteiger partial charge in [0.2, 0.25) is 5.82 Å². The van der Waals surface area contributed by atoms with E-state index < -0.39 is 0 Å². The minimum atomic E-state index is -0.0879. The minimum absolute atomic E-state index is 0.0879. The van der Waals surface area contributed by atoms with Crippen LogP contribution in [-0.2, 0) is 19.5 Å². The van der Waals surface area contributed by atoms with E-state index in [1.54, 1.807) is 16.2 Å². The average Bonchev–Trinajstić information content (AvgIpc) is 3.46. The number of hydrogen-bond donors (Lipinski definition) is 1. The molecule has 1 N–H and O–H groups in total. The molecule has 0 amide bonds. The zero-order valence-corrected chi connectivity index (χ0v) is 19.1. The van der Waals surface area contributed by atoms with Crippen molar-refractivity contribution in [2.75, 3.05) is 0 Å². The van der Waals surface area contributed by atoms with Crippen LogP contribution in [0.4, 0.5) is 0 Å². The second-order valence-electron chi connectivity index (χ2n) is 8.27. The van der Waals surface area contributed by atoms with Crippen LogP contribution in [0.5, 0.6) is 0 Å². The van der Waals surface area contributed by atoms with Crippen molar-refractivity contribution in [3.63, 3.8) is 0 Å². The molecule has 33 heavy (non-hydrogen) atoms. The Morgan fingerprint density at radius 1 is 1.06 bits per heavy atom. The van der Waals surface area contributed by atoms with Crippen LogP contribution in [-0.4, -0.2) is 35.0 Å². The van der Waals surface area contributed by atoms with Gasteiger partial charge >= 0.3 is 5.69 Å². The number of aromatic amines is 1. The van der Waals surface area contributed by atoms with E-state index in [9.17, 15) is 4.79 Å². The third-order valence-electron chi connectivity index (χ3n) is 5.46. The molecule has 168 valence electrons. The molecular weight excluding hydrogens is 414 g/mol. The maximum absolute atomic E-state index is 13.0. The zero-order valence-electron chi connectivity index (χ0n) is 19.1. The molecular formula is C25H27N7O. The molecule has 2 heterocycles. The predicted octanol–water partition coefficient (Wildman–Crippen LogP) is 3.55. The summed E-state index contributed by atoms with van der Waals surface area (Å²) in [5.74, 6) is 7.69. The van der Waals surface area contributed by atoms with E-state index in [0.29, 0.717) is 37.1 Å². The van der Waals surface area contributed by atoms with Gasteiger partial charge < -0.3 is 0 Å². The second kappa shape index (κ2) is 10.1. The molecule has 8 nitrogen and oxygen atoms in total. The van der Waals surface area contributed by atoms with Gasteiger partial charge in [0, 0.05) is 12.1 Å². The molecule has 0 saturated carbocycles. The maximum Gasteiger partial charge on any atom is 0.346 e. The Hall–Kier alpha value is -3.99. The summed E-state index contributed by atoms with van der Waals surface area (Å²) in [6.07, 6.45) is 1.36. The Morgan fingerprint density at radius 2 is 1.82 bits per heavy atom. The summed E-state index contributed by atoms with van der Waals surface area (Å²) in [6.45, 7) is 7.15. The summed E-state index contributed by atoms with van der Waals surface area (Å²) in [7, 11) is 0. The van der Waals surface area contributed by atoms with Crippen molar-refractivity contribution in [1.82, 2.24) is 35.0 Å². The van der Waals surface area contributed by atoms with Gasteiger partial charge in [0.25, 0.3) is 0 Å². The number of nitrogens with zero attached hydrogens (tertiary/aromatic N) is 6. The van der Waals surface area contributed by atoms with Crippen molar-refractivity contribution in [1.29, 1.82) is 0 Å². The lowest BCUT2D eigenvalue weighted by Crippen LogP contribution is -2.26. The molecule has 4 rings (SSSR count). The normalized spacial score (nSPS) is 10.9. The fourth-order valence-electron chi connectivity index (χ4n) is 3.65. The molecule has 8 heteroatoms. The van der Waals surface area contributed by atoms with E-state index >= 15 is 0 Å². The van der Waals surface area contributed by atoms with Crippen molar-refractivity contribution in [2.24, 2.45) is 5.92 Å². The van der Waals surface area contributed by atoms with Gasteiger partial charge in [-0.15, -0.1) is 16.1 Å². The molecule has 0 spiro atoms. The van der Waals surface area contributed by atoms with E-state index in [0.717, 1.165) is 28.7 Å². The van der Waals surface area contributed by atoms with Gasteiger partial charge in [-0.2, -0.15) is 10.3 Å². The molecule has 0 radical (unpaired) electrons. The van der Waals surface area contributed by atoms with E-state index in [1.165, 1.54) is 0 Å².